The third-order valence-electron chi connectivity index (χ3n) is 7.44. The molecule has 2 aliphatic heterocycles. The number of halogens is 1. The first-order chi connectivity index (χ1) is 18.0. The van der Waals surface area contributed by atoms with Crippen LogP contribution in [0.1, 0.15) is 48.2 Å². The summed E-state index contributed by atoms with van der Waals surface area (Å²) in [4.78, 5) is 17.4. The summed E-state index contributed by atoms with van der Waals surface area (Å²) in [5.41, 5.74) is 2.30. The number of hydrogen-bond donors (Lipinski definition) is 1. The van der Waals surface area contributed by atoms with Crippen LogP contribution in [0, 0.1) is 5.82 Å². The largest absolute Gasteiger partial charge is 0.490 e. The molecule has 37 heavy (non-hydrogen) atoms. The van der Waals surface area contributed by atoms with Gasteiger partial charge >= 0.3 is 0 Å². The fraction of sp³-hybridized carbons (Fsp3) is 0.448. The number of hydrogen-bond acceptors (Lipinski definition) is 6. The lowest BCUT2D eigenvalue weighted by Crippen LogP contribution is -2.37. The van der Waals surface area contributed by atoms with Crippen molar-refractivity contribution in [2.75, 3.05) is 33.2 Å². The Kier molecular flexibility index (Phi) is 8.16. The van der Waals surface area contributed by atoms with Gasteiger partial charge in [-0.3, -0.25) is 9.69 Å². The summed E-state index contributed by atoms with van der Waals surface area (Å²) in [5.74, 6) is 1.06. The van der Waals surface area contributed by atoms with E-state index in [4.69, 9.17) is 9.26 Å². The average molecular weight is 507 g/mol. The molecular formula is C29H35FN4O3. The quantitative estimate of drug-likeness (QED) is 0.452. The van der Waals surface area contributed by atoms with E-state index in [1.807, 2.05) is 30.3 Å². The average Bonchev–Trinajstić information content (AvgIpc) is 3.55. The predicted octanol–water partition coefficient (Wildman–Crippen LogP) is 4.74. The first-order valence-electron chi connectivity index (χ1n) is 13.2. The van der Waals surface area contributed by atoms with E-state index in [0.29, 0.717) is 30.5 Å². The van der Waals surface area contributed by atoms with Crippen molar-refractivity contribution in [1.29, 1.82) is 0 Å². The number of nitrogens with zero attached hydrogens (tertiary/aromatic N) is 3. The van der Waals surface area contributed by atoms with Crippen LogP contribution in [0.25, 0.3) is 11.3 Å². The Morgan fingerprint density at radius 2 is 1.92 bits per heavy atom. The predicted molar refractivity (Wildman–Crippen MR) is 140 cm³/mol. The minimum Gasteiger partial charge on any atom is -0.490 e. The van der Waals surface area contributed by atoms with E-state index in [1.165, 1.54) is 25.0 Å². The molecule has 0 saturated carbocycles. The molecule has 5 rings (SSSR count). The maximum absolute atomic E-state index is 13.2. The second-order valence-electron chi connectivity index (χ2n) is 10.1. The smallest absolute Gasteiger partial charge is 0.251 e. The number of likely N-dealkylation sites (tertiary alicyclic amines) is 2. The molecule has 2 fully saturated rings. The highest BCUT2D eigenvalue weighted by atomic mass is 19.1. The first kappa shape index (κ1) is 25.4. The lowest BCUT2D eigenvalue weighted by Gasteiger charge is -2.31. The van der Waals surface area contributed by atoms with Crippen molar-refractivity contribution in [2.45, 2.75) is 50.8 Å². The van der Waals surface area contributed by atoms with Crippen molar-refractivity contribution in [2.24, 2.45) is 0 Å². The zero-order chi connectivity index (χ0) is 25.6. The Bertz CT molecular complexity index is 1170. The van der Waals surface area contributed by atoms with E-state index in [1.54, 1.807) is 12.1 Å². The molecule has 3 heterocycles. The van der Waals surface area contributed by atoms with Gasteiger partial charge in [0.05, 0.1) is 5.69 Å². The molecule has 1 atom stereocenters. The van der Waals surface area contributed by atoms with E-state index < -0.39 is 0 Å². The number of carbonyl (C=O) groups excluding carboxylic acids is 1. The summed E-state index contributed by atoms with van der Waals surface area (Å²) in [7, 11) is 2.16. The van der Waals surface area contributed by atoms with Crippen LogP contribution in [0.2, 0.25) is 0 Å². The molecule has 0 bridgehead atoms. The molecule has 7 nitrogen and oxygen atoms in total. The van der Waals surface area contributed by atoms with Crippen molar-refractivity contribution in [3.8, 4) is 17.1 Å². The van der Waals surface area contributed by atoms with Gasteiger partial charge in [-0.05, 0) is 88.2 Å². The number of benzene rings is 2. The Labute approximate surface area is 217 Å². The van der Waals surface area contributed by atoms with Gasteiger partial charge in [0.25, 0.3) is 5.91 Å². The van der Waals surface area contributed by atoms with Crippen LogP contribution >= 0.6 is 0 Å². The molecule has 3 aromatic rings. The van der Waals surface area contributed by atoms with Crippen molar-refractivity contribution in [3.05, 3.63) is 71.7 Å². The number of amides is 1. The molecule has 0 radical (unpaired) electrons. The fourth-order valence-corrected chi connectivity index (χ4v) is 5.25. The monoisotopic (exact) mass is 506 g/mol. The van der Waals surface area contributed by atoms with Crippen LogP contribution in [-0.4, -0.2) is 66.2 Å². The van der Waals surface area contributed by atoms with Crippen LogP contribution in [0.15, 0.2) is 59.1 Å². The topological polar surface area (TPSA) is 70.8 Å². The van der Waals surface area contributed by atoms with Gasteiger partial charge in [0.15, 0.2) is 5.76 Å². The zero-order valence-electron chi connectivity index (χ0n) is 21.4. The molecule has 2 aliphatic rings. The number of nitrogens with one attached hydrogen (secondary N) is 1. The van der Waals surface area contributed by atoms with Crippen LogP contribution in [-0.2, 0) is 6.54 Å². The van der Waals surface area contributed by atoms with Crippen LogP contribution in [0.5, 0.6) is 5.75 Å². The van der Waals surface area contributed by atoms with Gasteiger partial charge in [0, 0.05) is 49.4 Å². The number of ether oxygens (including phenoxy) is 1. The minimum atomic E-state index is -0.272. The summed E-state index contributed by atoms with van der Waals surface area (Å²) in [6.07, 6.45) is 5.34. The van der Waals surface area contributed by atoms with E-state index in [9.17, 15) is 9.18 Å². The molecule has 2 aromatic carbocycles. The van der Waals surface area contributed by atoms with Gasteiger partial charge in [0.2, 0.25) is 0 Å². The van der Waals surface area contributed by atoms with E-state index >= 15 is 0 Å². The van der Waals surface area contributed by atoms with Crippen molar-refractivity contribution < 1.29 is 18.4 Å². The van der Waals surface area contributed by atoms with Crippen molar-refractivity contribution >= 4 is 5.91 Å². The third kappa shape index (κ3) is 6.76. The maximum Gasteiger partial charge on any atom is 0.251 e. The highest BCUT2D eigenvalue weighted by Gasteiger charge is 2.23. The van der Waals surface area contributed by atoms with E-state index in [0.717, 1.165) is 55.9 Å². The standard InChI is InChI=1S/C29H35FN4O3/c1-33-15-3-5-25(33)11-14-31-29(35)22-4-2-6-27(18-22)36-26-12-16-34(17-13-26)20-24-19-28(37-32-24)21-7-9-23(30)10-8-21/h2,4,6-10,18-19,25-26H,3,5,11-17,20H2,1H3,(H,31,35). The van der Waals surface area contributed by atoms with Crippen molar-refractivity contribution in [1.82, 2.24) is 20.3 Å². The molecule has 1 N–H and O–H groups in total. The molecule has 1 aromatic heterocycles. The third-order valence-corrected chi connectivity index (χ3v) is 7.44. The minimum absolute atomic E-state index is 0.0477. The molecule has 2 saturated heterocycles. The van der Waals surface area contributed by atoms with Gasteiger partial charge in [-0.25, -0.2) is 4.39 Å². The number of aromatic nitrogens is 1. The summed E-state index contributed by atoms with van der Waals surface area (Å²) >= 11 is 0. The summed E-state index contributed by atoms with van der Waals surface area (Å²) in [6, 6.07) is 16.2. The maximum atomic E-state index is 13.2. The lowest BCUT2D eigenvalue weighted by atomic mass is 10.1. The van der Waals surface area contributed by atoms with Crippen LogP contribution < -0.4 is 10.1 Å². The van der Waals surface area contributed by atoms with Gasteiger partial charge in [0.1, 0.15) is 17.7 Å². The molecule has 8 heteroatoms. The fourth-order valence-electron chi connectivity index (χ4n) is 5.25. The number of carbonyl (C=O) groups is 1. The lowest BCUT2D eigenvalue weighted by molar-refractivity contribution is 0.0929. The second kappa shape index (κ2) is 11.9. The van der Waals surface area contributed by atoms with Gasteiger partial charge < -0.3 is 19.5 Å². The molecular weight excluding hydrogens is 471 g/mol. The van der Waals surface area contributed by atoms with E-state index in [-0.39, 0.29) is 17.8 Å². The van der Waals surface area contributed by atoms with Gasteiger partial charge in [-0.15, -0.1) is 0 Å². The highest BCUT2D eigenvalue weighted by molar-refractivity contribution is 5.94. The highest BCUT2D eigenvalue weighted by Crippen LogP contribution is 2.24. The SMILES string of the molecule is CN1CCCC1CCNC(=O)c1cccc(OC2CCN(Cc3cc(-c4ccc(F)cc4)on3)CC2)c1. The van der Waals surface area contributed by atoms with E-state index in [2.05, 4.69) is 27.3 Å². The molecule has 0 spiro atoms. The summed E-state index contributed by atoms with van der Waals surface area (Å²) in [5, 5.41) is 7.25. The van der Waals surface area contributed by atoms with Gasteiger partial charge in [-0.1, -0.05) is 11.2 Å². The van der Waals surface area contributed by atoms with Crippen LogP contribution in [0.4, 0.5) is 4.39 Å². The molecule has 0 aliphatic carbocycles. The normalized spacial score (nSPS) is 19.2. The first-order valence-corrected chi connectivity index (χ1v) is 13.2. The Morgan fingerprint density at radius 3 is 2.68 bits per heavy atom. The van der Waals surface area contributed by atoms with Gasteiger partial charge in [-0.2, -0.15) is 0 Å². The Balaban J connectivity index is 1.06. The summed E-state index contributed by atoms with van der Waals surface area (Å²) < 4.78 is 24.9. The molecule has 196 valence electrons. The van der Waals surface area contributed by atoms with Crippen LogP contribution in [0.3, 0.4) is 0 Å². The summed E-state index contributed by atoms with van der Waals surface area (Å²) in [6.45, 7) is 4.31. The molecule has 1 amide bonds. The Morgan fingerprint density at radius 1 is 1.11 bits per heavy atom. The Hall–Kier alpha value is -3.23. The second-order valence-corrected chi connectivity index (χ2v) is 10.1. The number of piperidine rings is 1. The zero-order valence-corrected chi connectivity index (χ0v) is 21.4. The molecule has 1 unspecified atom stereocenters. The van der Waals surface area contributed by atoms with Crippen molar-refractivity contribution in [3.63, 3.8) is 0 Å². The number of rotatable bonds is 9.